The largest absolute Gasteiger partial charge is 0.397 e. The van der Waals surface area contributed by atoms with E-state index in [1.165, 1.54) is 11.3 Å². The van der Waals surface area contributed by atoms with Gasteiger partial charge in [-0.05, 0) is 6.07 Å². The lowest BCUT2D eigenvalue weighted by Gasteiger charge is -1.99. The number of aryl methyl sites for hydroxylation is 1. The number of carbonyl (C=O) groups is 1. The van der Waals surface area contributed by atoms with E-state index in [1.807, 2.05) is 0 Å². The summed E-state index contributed by atoms with van der Waals surface area (Å²) in [6, 6.07) is 1.69. The van der Waals surface area contributed by atoms with Gasteiger partial charge in [0.2, 0.25) is 5.89 Å². The van der Waals surface area contributed by atoms with Gasteiger partial charge in [0.15, 0.2) is 5.82 Å². The first-order chi connectivity index (χ1) is 8.56. The second-order valence-corrected chi connectivity index (χ2v) is 4.72. The fourth-order valence-corrected chi connectivity index (χ4v) is 2.28. The highest BCUT2D eigenvalue weighted by Crippen LogP contribution is 2.28. The van der Waals surface area contributed by atoms with Crippen LogP contribution < -0.4 is 16.8 Å². The summed E-state index contributed by atoms with van der Waals surface area (Å²) in [6.07, 6.45) is 0.626. The minimum Gasteiger partial charge on any atom is -0.397 e. The number of aromatic nitrogens is 2. The molecule has 96 valence electrons. The monoisotopic (exact) mass is 267 g/mol. The fourth-order valence-electron chi connectivity index (χ4n) is 1.43. The number of amides is 1. The average molecular weight is 267 g/mol. The van der Waals surface area contributed by atoms with Crippen LogP contribution in [0, 0.1) is 6.92 Å². The molecule has 0 aliphatic carbocycles. The van der Waals surface area contributed by atoms with Gasteiger partial charge in [-0.25, -0.2) is 0 Å². The quantitative estimate of drug-likeness (QED) is 0.736. The Bertz CT molecular complexity index is 562. The van der Waals surface area contributed by atoms with Crippen molar-refractivity contribution in [3.05, 3.63) is 22.7 Å². The first-order valence-electron chi connectivity index (χ1n) is 5.28. The molecule has 2 heterocycles. The van der Waals surface area contributed by atoms with Crippen molar-refractivity contribution in [2.75, 3.05) is 17.6 Å². The van der Waals surface area contributed by atoms with Crippen molar-refractivity contribution >= 4 is 27.9 Å². The van der Waals surface area contributed by atoms with Crippen LogP contribution in [0.15, 0.2) is 10.6 Å². The van der Waals surface area contributed by atoms with Gasteiger partial charge in [0, 0.05) is 19.9 Å². The van der Waals surface area contributed by atoms with E-state index < -0.39 is 5.91 Å². The molecule has 0 saturated heterocycles. The Kier molecular flexibility index (Phi) is 3.47. The molecule has 0 aliphatic heterocycles. The molecule has 18 heavy (non-hydrogen) atoms. The molecule has 8 heteroatoms. The summed E-state index contributed by atoms with van der Waals surface area (Å²) < 4.78 is 4.85. The van der Waals surface area contributed by atoms with E-state index >= 15 is 0 Å². The van der Waals surface area contributed by atoms with Crippen LogP contribution in [0.25, 0.3) is 0 Å². The topological polar surface area (TPSA) is 120 Å². The Morgan fingerprint density at radius 1 is 1.61 bits per heavy atom. The van der Waals surface area contributed by atoms with E-state index in [0.29, 0.717) is 35.2 Å². The van der Waals surface area contributed by atoms with Crippen molar-refractivity contribution < 1.29 is 9.32 Å². The fraction of sp³-hybridized carbons (Fsp3) is 0.300. The van der Waals surface area contributed by atoms with Crippen molar-refractivity contribution in [1.82, 2.24) is 10.1 Å². The maximum atomic E-state index is 11.0. The number of nitrogens with zero attached hydrogens (tertiary/aromatic N) is 2. The molecule has 0 atom stereocenters. The maximum absolute atomic E-state index is 11.0. The third-order valence-corrected chi connectivity index (χ3v) is 3.33. The van der Waals surface area contributed by atoms with Gasteiger partial charge in [0.25, 0.3) is 5.91 Å². The van der Waals surface area contributed by atoms with Crippen LogP contribution >= 0.6 is 11.3 Å². The Balaban J connectivity index is 1.90. The molecule has 5 N–H and O–H groups in total. The van der Waals surface area contributed by atoms with Crippen LogP contribution in [0.3, 0.4) is 0 Å². The number of rotatable bonds is 5. The molecule has 7 nitrogen and oxygen atoms in total. The van der Waals surface area contributed by atoms with E-state index in [0.717, 1.165) is 5.00 Å². The van der Waals surface area contributed by atoms with Crippen LogP contribution in [0.1, 0.15) is 21.4 Å². The first-order valence-corrected chi connectivity index (χ1v) is 6.10. The van der Waals surface area contributed by atoms with E-state index in [9.17, 15) is 4.79 Å². The van der Waals surface area contributed by atoms with Crippen molar-refractivity contribution in [2.45, 2.75) is 13.3 Å². The number of nitrogens with one attached hydrogen (secondary N) is 1. The minimum atomic E-state index is -0.514. The highest BCUT2D eigenvalue weighted by molar-refractivity contribution is 7.18. The molecule has 0 fully saturated rings. The zero-order valence-corrected chi connectivity index (χ0v) is 10.6. The van der Waals surface area contributed by atoms with E-state index in [1.54, 1.807) is 13.0 Å². The van der Waals surface area contributed by atoms with Crippen LogP contribution in [-0.2, 0) is 6.42 Å². The van der Waals surface area contributed by atoms with Crippen molar-refractivity contribution in [3.63, 3.8) is 0 Å². The summed E-state index contributed by atoms with van der Waals surface area (Å²) >= 11 is 1.23. The van der Waals surface area contributed by atoms with Crippen molar-refractivity contribution in [3.8, 4) is 0 Å². The second-order valence-electron chi connectivity index (χ2n) is 3.67. The van der Waals surface area contributed by atoms with Gasteiger partial charge in [-0.15, -0.1) is 11.3 Å². The molecule has 0 aromatic carbocycles. The molecule has 2 rings (SSSR count). The van der Waals surface area contributed by atoms with Gasteiger partial charge in [0.1, 0.15) is 4.88 Å². The summed E-state index contributed by atoms with van der Waals surface area (Å²) in [7, 11) is 0. The SMILES string of the molecule is Cc1nc(CCNc2cc(N)c(C(N)=O)s2)no1. The average Bonchev–Trinajstić information content (AvgIpc) is 2.85. The molecule has 0 radical (unpaired) electrons. The highest BCUT2D eigenvalue weighted by atomic mass is 32.1. The predicted octanol–water partition coefficient (Wildman–Crippen LogP) is 0.775. The molecule has 0 aliphatic rings. The first kappa shape index (κ1) is 12.4. The van der Waals surface area contributed by atoms with E-state index in [4.69, 9.17) is 16.0 Å². The molecule has 0 bridgehead atoms. The molecule has 2 aromatic rings. The van der Waals surface area contributed by atoms with Crippen LogP contribution in [0.4, 0.5) is 10.7 Å². The molecule has 0 spiro atoms. The van der Waals surface area contributed by atoms with Gasteiger partial charge in [-0.3, -0.25) is 4.79 Å². The second kappa shape index (κ2) is 5.05. The van der Waals surface area contributed by atoms with Gasteiger partial charge < -0.3 is 21.3 Å². The van der Waals surface area contributed by atoms with Crippen LogP contribution in [-0.4, -0.2) is 22.6 Å². The van der Waals surface area contributed by atoms with Gasteiger partial charge >= 0.3 is 0 Å². The van der Waals surface area contributed by atoms with Crippen LogP contribution in [0.2, 0.25) is 0 Å². The summed E-state index contributed by atoms with van der Waals surface area (Å²) in [4.78, 5) is 15.5. The van der Waals surface area contributed by atoms with Crippen molar-refractivity contribution in [2.24, 2.45) is 5.73 Å². The predicted molar refractivity (Wildman–Crippen MR) is 68.5 cm³/mol. The third kappa shape index (κ3) is 2.77. The lowest BCUT2D eigenvalue weighted by molar-refractivity contribution is 0.100. The number of nitrogens with two attached hydrogens (primary N) is 2. The molecule has 0 saturated carbocycles. The summed E-state index contributed by atoms with van der Waals surface area (Å²) in [5.41, 5.74) is 11.2. The van der Waals surface area contributed by atoms with Crippen LogP contribution in [0.5, 0.6) is 0 Å². The molecular weight excluding hydrogens is 254 g/mol. The van der Waals surface area contributed by atoms with Gasteiger partial charge in [0.05, 0.1) is 10.7 Å². The normalized spacial score (nSPS) is 10.5. The molecule has 2 aromatic heterocycles. The maximum Gasteiger partial charge on any atom is 0.260 e. The van der Waals surface area contributed by atoms with E-state index in [-0.39, 0.29) is 0 Å². The summed E-state index contributed by atoms with van der Waals surface area (Å²) in [5, 5.41) is 7.70. The molecule has 1 amide bonds. The minimum absolute atomic E-state index is 0.368. The molecular formula is C10H13N5O2S. The van der Waals surface area contributed by atoms with Crippen molar-refractivity contribution in [1.29, 1.82) is 0 Å². The van der Waals surface area contributed by atoms with Gasteiger partial charge in [-0.2, -0.15) is 4.98 Å². The Labute approximate surface area is 107 Å². The Morgan fingerprint density at radius 3 is 2.94 bits per heavy atom. The Hall–Kier alpha value is -2.09. The zero-order valence-electron chi connectivity index (χ0n) is 9.77. The summed E-state index contributed by atoms with van der Waals surface area (Å²) in [6.45, 7) is 2.36. The number of anilines is 2. The Morgan fingerprint density at radius 2 is 2.39 bits per heavy atom. The number of thiophene rings is 1. The third-order valence-electron chi connectivity index (χ3n) is 2.20. The lowest BCUT2D eigenvalue weighted by Crippen LogP contribution is -2.10. The number of primary amides is 1. The number of hydrogen-bond donors (Lipinski definition) is 3. The summed E-state index contributed by atoms with van der Waals surface area (Å²) in [5.74, 6) is 0.667. The van der Waals surface area contributed by atoms with Gasteiger partial charge in [-0.1, -0.05) is 5.16 Å². The van der Waals surface area contributed by atoms with E-state index in [2.05, 4.69) is 15.5 Å². The highest BCUT2D eigenvalue weighted by Gasteiger charge is 2.11. The number of carbonyl (C=O) groups excluding carboxylic acids is 1. The smallest absolute Gasteiger partial charge is 0.260 e. The zero-order chi connectivity index (χ0) is 13.1. The number of hydrogen-bond acceptors (Lipinski definition) is 7. The number of nitrogen functional groups attached to an aromatic ring is 1. The molecule has 0 unspecified atom stereocenters. The standard InChI is InChI=1S/C10H13N5O2S/c1-5-14-7(15-17-5)2-3-13-8-4-6(11)9(18-8)10(12)16/h4,13H,2-3,11H2,1H3,(H2,12,16). The lowest BCUT2D eigenvalue weighted by atomic mass is 10.3.